The van der Waals surface area contributed by atoms with Crippen LogP contribution in [0.15, 0.2) is 54.9 Å². The van der Waals surface area contributed by atoms with Crippen molar-refractivity contribution in [2.24, 2.45) is 23.5 Å². The summed E-state index contributed by atoms with van der Waals surface area (Å²) < 4.78 is 20.6. The number of carbonyl (C=O) groups excluding carboxylic acids is 2. The summed E-state index contributed by atoms with van der Waals surface area (Å²) in [5.74, 6) is -1.82. The van der Waals surface area contributed by atoms with E-state index in [-0.39, 0.29) is 17.7 Å². The fourth-order valence-corrected chi connectivity index (χ4v) is 5.78. The van der Waals surface area contributed by atoms with Crippen LogP contribution in [0.4, 0.5) is 15.9 Å². The minimum absolute atomic E-state index is 0.0268. The number of benzene rings is 1. The number of pyridine rings is 2. The number of carbonyl (C=O) groups is 2. The predicted octanol–water partition coefficient (Wildman–Crippen LogP) is 5.59. The van der Waals surface area contributed by atoms with Crippen LogP contribution in [-0.4, -0.2) is 35.0 Å². The lowest BCUT2D eigenvalue weighted by molar-refractivity contribution is -0.128. The Hall–Kier alpha value is -3.40. The smallest absolute Gasteiger partial charge is 0.229 e. The number of aromatic nitrogens is 2. The van der Waals surface area contributed by atoms with Crippen molar-refractivity contribution in [3.05, 3.63) is 82.5 Å². The van der Waals surface area contributed by atoms with Crippen molar-refractivity contribution in [2.45, 2.75) is 57.1 Å². The molecule has 2 heterocycles. The molecule has 10 heteroatoms. The Morgan fingerprint density at radius 1 is 1.05 bits per heavy atom. The van der Waals surface area contributed by atoms with Crippen LogP contribution < -0.4 is 16.4 Å². The van der Waals surface area contributed by atoms with Crippen molar-refractivity contribution in [2.75, 3.05) is 17.7 Å². The van der Waals surface area contributed by atoms with Gasteiger partial charge in [0.2, 0.25) is 11.8 Å². The van der Waals surface area contributed by atoms with E-state index in [1.165, 1.54) is 25.1 Å². The standard InChI is InChI=1S/C31H35ClFN5O3/c1-18-13-21(10-12-35-18)31(34,11-9-19-3-4-19)20-5-7-26(33)27(14-20)37-29(39)24-15-23(41-2)16-25(24)30(40)38-28-8-6-22(32)17-36-28/h5-8,10,12-14,17,19,23-25H,3-4,9,11,15-16,34H2,1-2H3,(H,37,39)(H,36,38,40)/t23-,24+,25?,31?/m1/s1. The summed E-state index contributed by atoms with van der Waals surface area (Å²) in [5, 5.41) is 5.95. The van der Waals surface area contributed by atoms with Gasteiger partial charge in [0, 0.05) is 25.2 Å². The molecule has 1 aromatic carbocycles. The molecular weight excluding hydrogens is 545 g/mol. The zero-order valence-corrected chi connectivity index (χ0v) is 24.0. The van der Waals surface area contributed by atoms with Gasteiger partial charge in [-0.25, -0.2) is 9.37 Å². The monoisotopic (exact) mass is 579 g/mol. The molecule has 2 saturated carbocycles. The molecule has 3 aromatic rings. The largest absolute Gasteiger partial charge is 0.381 e. The number of hydrogen-bond donors (Lipinski definition) is 3. The highest BCUT2D eigenvalue weighted by Crippen LogP contribution is 2.41. The van der Waals surface area contributed by atoms with E-state index in [0.717, 1.165) is 17.7 Å². The molecule has 0 radical (unpaired) electrons. The highest BCUT2D eigenvalue weighted by atomic mass is 35.5. The van der Waals surface area contributed by atoms with E-state index in [2.05, 4.69) is 20.6 Å². The Bertz CT molecular complexity index is 1420. The second-order valence-corrected chi connectivity index (χ2v) is 11.7. The predicted molar refractivity (Wildman–Crippen MR) is 156 cm³/mol. The van der Waals surface area contributed by atoms with Crippen molar-refractivity contribution in [3.8, 4) is 0 Å². The zero-order chi connectivity index (χ0) is 29.1. The minimum Gasteiger partial charge on any atom is -0.381 e. The van der Waals surface area contributed by atoms with Crippen LogP contribution in [0.1, 0.15) is 55.3 Å². The maximum absolute atomic E-state index is 15.1. The number of anilines is 2. The van der Waals surface area contributed by atoms with Crippen molar-refractivity contribution in [1.82, 2.24) is 9.97 Å². The number of amides is 2. The molecule has 2 unspecified atom stereocenters. The summed E-state index contributed by atoms with van der Waals surface area (Å²) in [4.78, 5) is 35.2. The molecule has 4 atom stereocenters. The molecule has 0 aliphatic heterocycles. The Balaban J connectivity index is 1.38. The molecule has 2 amide bonds. The fourth-order valence-electron chi connectivity index (χ4n) is 5.67. The van der Waals surface area contributed by atoms with Crippen LogP contribution in [0.2, 0.25) is 5.02 Å². The van der Waals surface area contributed by atoms with Gasteiger partial charge in [0.05, 0.1) is 34.2 Å². The number of halogens is 2. The molecule has 8 nitrogen and oxygen atoms in total. The van der Waals surface area contributed by atoms with Crippen LogP contribution in [0.5, 0.6) is 0 Å². The normalized spacial score (nSPS) is 21.7. The Morgan fingerprint density at radius 3 is 2.39 bits per heavy atom. The van der Waals surface area contributed by atoms with Gasteiger partial charge in [-0.1, -0.05) is 30.5 Å². The van der Waals surface area contributed by atoms with E-state index in [1.54, 1.807) is 37.6 Å². The third-order valence-corrected chi connectivity index (χ3v) is 8.52. The molecule has 216 valence electrons. The van der Waals surface area contributed by atoms with Gasteiger partial charge in [-0.2, -0.15) is 0 Å². The van der Waals surface area contributed by atoms with Gasteiger partial charge in [0.15, 0.2) is 0 Å². The van der Waals surface area contributed by atoms with Crippen molar-refractivity contribution in [3.63, 3.8) is 0 Å². The molecular formula is C31H35ClFN5O3. The van der Waals surface area contributed by atoms with E-state index in [0.29, 0.717) is 41.6 Å². The SMILES string of the molecule is CO[C@H]1CC(C(=O)Nc2ccc(Cl)cn2)[C@@H](C(=O)Nc2cc(C(N)(CCC3CC3)c3ccnc(C)c3)ccc2F)C1. The van der Waals surface area contributed by atoms with Gasteiger partial charge in [-0.3, -0.25) is 14.6 Å². The summed E-state index contributed by atoms with van der Waals surface area (Å²) in [5.41, 5.74) is 8.66. The van der Waals surface area contributed by atoms with E-state index in [1.807, 2.05) is 19.1 Å². The Labute approximate surface area is 244 Å². The third-order valence-electron chi connectivity index (χ3n) is 8.30. The van der Waals surface area contributed by atoms with E-state index >= 15 is 4.39 Å². The second kappa shape index (κ2) is 12.2. The number of methoxy groups -OCH3 is 1. The van der Waals surface area contributed by atoms with Crippen molar-refractivity contribution in [1.29, 1.82) is 0 Å². The molecule has 2 aliphatic carbocycles. The summed E-state index contributed by atoms with van der Waals surface area (Å²) >= 11 is 5.90. The first-order valence-corrected chi connectivity index (χ1v) is 14.3. The first-order valence-electron chi connectivity index (χ1n) is 13.9. The van der Waals surface area contributed by atoms with Gasteiger partial charge >= 0.3 is 0 Å². The molecule has 0 saturated heterocycles. The van der Waals surface area contributed by atoms with Gasteiger partial charge in [-0.15, -0.1) is 0 Å². The highest BCUT2D eigenvalue weighted by molar-refractivity contribution is 6.30. The molecule has 4 N–H and O–H groups in total. The molecule has 41 heavy (non-hydrogen) atoms. The quantitative estimate of drug-likeness (QED) is 0.288. The maximum atomic E-state index is 15.1. The van der Waals surface area contributed by atoms with E-state index in [9.17, 15) is 9.59 Å². The summed E-state index contributed by atoms with van der Waals surface area (Å²) in [6.45, 7) is 1.91. The lowest BCUT2D eigenvalue weighted by Gasteiger charge is -2.32. The Kier molecular flexibility index (Phi) is 8.68. The van der Waals surface area contributed by atoms with Crippen LogP contribution in [0, 0.1) is 30.5 Å². The summed E-state index contributed by atoms with van der Waals surface area (Å²) in [6, 6.07) is 11.7. The first-order chi connectivity index (χ1) is 19.7. The maximum Gasteiger partial charge on any atom is 0.229 e. The number of ether oxygens (including phenoxy) is 1. The van der Waals surface area contributed by atoms with E-state index in [4.69, 9.17) is 22.1 Å². The molecule has 5 rings (SSSR count). The minimum atomic E-state index is -0.883. The van der Waals surface area contributed by atoms with Crippen molar-refractivity contribution < 1.29 is 18.7 Å². The molecule has 2 aromatic heterocycles. The van der Waals surface area contributed by atoms with Gasteiger partial charge in [0.1, 0.15) is 11.6 Å². The van der Waals surface area contributed by atoms with Gasteiger partial charge in [-0.05, 0) is 86.1 Å². The van der Waals surface area contributed by atoms with Crippen molar-refractivity contribution >= 4 is 34.9 Å². The van der Waals surface area contributed by atoms with Gasteiger partial charge < -0.3 is 21.1 Å². The fraction of sp³-hybridized carbons (Fsp3) is 0.419. The molecule has 0 bridgehead atoms. The zero-order valence-electron chi connectivity index (χ0n) is 23.2. The number of aryl methyl sites for hydroxylation is 1. The number of nitrogens with two attached hydrogens (primary N) is 1. The van der Waals surface area contributed by atoms with Crippen LogP contribution in [-0.2, 0) is 19.9 Å². The first kappa shape index (κ1) is 29.1. The summed E-state index contributed by atoms with van der Waals surface area (Å²) in [7, 11) is 1.55. The molecule has 2 aliphatic rings. The third kappa shape index (κ3) is 6.74. The topological polar surface area (TPSA) is 119 Å². The molecule has 2 fully saturated rings. The van der Waals surface area contributed by atoms with Crippen LogP contribution in [0.3, 0.4) is 0 Å². The van der Waals surface area contributed by atoms with Crippen LogP contribution in [0.25, 0.3) is 0 Å². The average Bonchev–Trinajstić information content (AvgIpc) is 3.69. The van der Waals surface area contributed by atoms with Gasteiger partial charge in [0.25, 0.3) is 0 Å². The summed E-state index contributed by atoms with van der Waals surface area (Å²) in [6.07, 6.45) is 7.58. The highest BCUT2D eigenvalue weighted by Gasteiger charge is 2.43. The van der Waals surface area contributed by atoms with E-state index < -0.39 is 29.1 Å². The number of nitrogens with one attached hydrogen (secondary N) is 2. The number of rotatable bonds is 10. The lowest BCUT2D eigenvalue weighted by atomic mass is 9.79. The Morgan fingerprint density at radius 2 is 1.76 bits per heavy atom. The molecule has 0 spiro atoms. The lowest BCUT2D eigenvalue weighted by Crippen LogP contribution is -2.38. The average molecular weight is 580 g/mol. The number of hydrogen-bond acceptors (Lipinski definition) is 6. The van der Waals surface area contributed by atoms with Crippen LogP contribution >= 0.6 is 11.6 Å². The second-order valence-electron chi connectivity index (χ2n) is 11.2. The number of nitrogens with zero attached hydrogens (tertiary/aromatic N) is 2.